The van der Waals surface area contributed by atoms with Crippen LogP contribution in [0.5, 0.6) is 5.75 Å². The quantitative estimate of drug-likeness (QED) is 0.556. The molecule has 1 fully saturated rings. The lowest BCUT2D eigenvalue weighted by molar-refractivity contribution is 0.114. The molecule has 5 heteroatoms. The lowest BCUT2D eigenvalue weighted by Gasteiger charge is -2.15. The van der Waals surface area contributed by atoms with E-state index in [0.717, 1.165) is 50.7 Å². The van der Waals surface area contributed by atoms with Gasteiger partial charge in [-0.2, -0.15) is 0 Å². The first-order valence-electron chi connectivity index (χ1n) is 9.65. The molecule has 1 aliphatic heterocycles. The van der Waals surface area contributed by atoms with Crippen molar-refractivity contribution in [2.45, 2.75) is 32.0 Å². The van der Waals surface area contributed by atoms with E-state index in [1.54, 1.807) is 7.05 Å². The zero-order valence-corrected chi connectivity index (χ0v) is 16.0. The van der Waals surface area contributed by atoms with Crippen LogP contribution in [0.2, 0.25) is 0 Å². The van der Waals surface area contributed by atoms with Crippen LogP contribution in [0.25, 0.3) is 0 Å². The molecule has 0 aromatic heterocycles. The Morgan fingerprint density at radius 3 is 2.59 bits per heavy atom. The lowest BCUT2D eigenvalue weighted by atomic mass is 10.1. The summed E-state index contributed by atoms with van der Waals surface area (Å²) in [5.74, 6) is 1.72. The Kier molecular flexibility index (Phi) is 7.54. The van der Waals surface area contributed by atoms with Crippen molar-refractivity contribution in [1.82, 2.24) is 10.6 Å². The predicted octanol–water partition coefficient (Wildman–Crippen LogP) is 3.15. The van der Waals surface area contributed by atoms with E-state index in [-0.39, 0.29) is 0 Å². The first-order valence-corrected chi connectivity index (χ1v) is 9.65. The summed E-state index contributed by atoms with van der Waals surface area (Å²) in [6.45, 7) is 3.11. The molecule has 0 bridgehead atoms. The molecule has 2 aromatic rings. The van der Waals surface area contributed by atoms with Crippen molar-refractivity contribution in [2.75, 3.05) is 26.7 Å². The molecule has 27 heavy (non-hydrogen) atoms. The summed E-state index contributed by atoms with van der Waals surface area (Å²) in [7, 11) is 1.80. The summed E-state index contributed by atoms with van der Waals surface area (Å²) in [5.41, 5.74) is 2.44. The molecular formula is C22H29N3O2. The molecule has 144 valence electrons. The second-order valence-electron chi connectivity index (χ2n) is 6.68. The van der Waals surface area contributed by atoms with Crippen LogP contribution in [0, 0.1) is 0 Å². The molecule has 1 atom stereocenters. The Balaban J connectivity index is 1.36. The minimum absolute atomic E-state index is 0.312. The van der Waals surface area contributed by atoms with Crippen LogP contribution in [-0.4, -0.2) is 38.8 Å². The smallest absolute Gasteiger partial charge is 0.191 e. The number of hydrogen-bond acceptors (Lipinski definition) is 3. The molecule has 3 rings (SSSR count). The highest BCUT2D eigenvalue weighted by Crippen LogP contribution is 2.14. The fourth-order valence-corrected chi connectivity index (χ4v) is 3.05. The Bertz CT molecular complexity index is 695. The Hall–Kier alpha value is -2.53. The number of benzene rings is 2. The number of rotatable bonds is 8. The standard InChI is InChI=1S/C22H29N3O2/c1-23-22(25-16-21-8-5-15-26-21)24-14-13-18-9-11-20(12-10-18)27-17-19-6-3-2-4-7-19/h2-4,6-7,9-12,21H,5,8,13-17H2,1H3,(H2,23,24,25). The number of hydrogen-bond donors (Lipinski definition) is 2. The highest BCUT2D eigenvalue weighted by Gasteiger charge is 2.15. The molecular weight excluding hydrogens is 338 g/mol. The van der Waals surface area contributed by atoms with Gasteiger partial charge in [0.25, 0.3) is 0 Å². The van der Waals surface area contributed by atoms with E-state index in [1.807, 2.05) is 30.3 Å². The average molecular weight is 367 g/mol. The van der Waals surface area contributed by atoms with Crippen LogP contribution in [0.3, 0.4) is 0 Å². The Morgan fingerprint density at radius 1 is 1.07 bits per heavy atom. The maximum atomic E-state index is 5.83. The van der Waals surface area contributed by atoms with E-state index >= 15 is 0 Å². The van der Waals surface area contributed by atoms with Crippen LogP contribution in [0.15, 0.2) is 59.6 Å². The van der Waals surface area contributed by atoms with Crippen molar-refractivity contribution >= 4 is 5.96 Å². The van der Waals surface area contributed by atoms with Crippen molar-refractivity contribution < 1.29 is 9.47 Å². The molecule has 2 aromatic carbocycles. The monoisotopic (exact) mass is 367 g/mol. The molecule has 1 heterocycles. The summed E-state index contributed by atoms with van der Waals surface area (Å²) < 4.78 is 11.5. The number of nitrogens with one attached hydrogen (secondary N) is 2. The van der Waals surface area contributed by atoms with Gasteiger partial charge in [0.1, 0.15) is 12.4 Å². The van der Waals surface area contributed by atoms with Gasteiger partial charge in [0.15, 0.2) is 5.96 Å². The van der Waals surface area contributed by atoms with Gasteiger partial charge in [-0.1, -0.05) is 42.5 Å². The summed E-state index contributed by atoms with van der Waals surface area (Å²) in [4.78, 5) is 4.27. The van der Waals surface area contributed by atoms with Crippen molar-refractivity contribution in [2.24, 2.45) is 4.99 Å². The highest BCUT2D eigenvalue weighted by molar-refractivity contribution is 5.79. The molecule has 5 nitrogen and oxygen atoms in total. The van der Waals surface area contributed by atoms with Crippen LogP contribution in [0.1, 0.15) is 24.0 Å². The fourth-order valence-electron chi connectivity index (χ4n) is 3.05. The van der Waals surface area contributed by atoms with Gasteiger partial charge in [-0.05, 0) is 42.5 Å². The molecule has 0 saturated carbocycles. The summed E-state index contributed by atoms with van der Waals surface area (Å²) in [6.07, 6.45) is 3.53. The Labute approximate surface area is 161 Å². The van der Waals surface area contributed by atoms with Gasteiger partial charge in [0.05, 0.1) is 6.10 Å². The van der Waals surface area contributed by atoms with Crippen LogP contribution < -0.4 is 15.4 Å². The van der Waals surface area contributed by atoms with E-state index in [9.17, 15) is 0 Å². The maximum Gasteiger partial charge on any atom is 0.191 e. The first kappa shape index (κ1) is 19.2. The van der Waals surface area contributed by atoms with Crippen LogP contribution in [-0.2, 0) is 17.8 Å². The van der Waals surface area contributed by atoms with E-state index in [4.69, 9.17) is 9.47 Å². The Morgan fingerprint density at radius 2 is 1.89 bits per heavy atom. The van der Waals surface area contributed by atoms with E-state index in [1.165, 1.54) is 11.1 Å². The molecule has 0 spiro atoms. The topological polar surface area (TPSA) is 54.9 Å². The molecule has 1 unspecified atom stereocenters. The SMILES string of the molecule is CN=C(NCCc1ccc(OCc2ccccc2)cc1)NCC1CCCO1. The molecule has 0 radical (unpaired) electrons. The van der Waals surface area contributed by atoms with Crippen molar-refractivity contribution in [3.05, 3.63) is 65.7 Å². The third-order valence-corrected chi connectivity index (χ3v) is 4.62. The van der Waals surface area contributed by atoms with E-state index in [0.29, 0.717) is 12.7 Å². The molecule has 1 saturated heterocycles. The van der Waals surface area contributed by atoms with Crippen molar-refractivity contribution in [3.8, 4) is 5.75 Å². The minimum atomic E-state index is 0.312. The van der Waals surface area contributed by atoms with Gasteiger partial charge in [-0.3, -0.25) is 4.99 Å². The first-order chi connectivity index (χ1) is 13.3. The average Bonchev–Trinajstić information content (AvgIpc) is 3.24. The number of guanidine groups is 1. The molecule has 2 N–H and O–H groups in total. The third-order valence-electron chi connectivity index (χ3n) is 4.62. The fraction of sp³-hybridized carbons (Fsp3) is 0.409. The molecule has 0 aliphatic carbocycles. The minimum Gasteiger partial charge on any atom is -0.489 e. The van der Waals surface area contributed by atoms with E-state index < -0.39 is 0 Å². The van der Waals surface area contributed by atoms with Gasteiger partial charge < -0.3 is 20.1 Å². The third kappa shape index (κ3) is 6.61. The maximum absolute atomic E-state index is 5.83. The number of nitrogens with zero attached hydrogens (tertiary/aromatic N) is 1. The summed E-state index contributed by atoms with van der Waals surface area (Å²) in [5, 5.41) is 6.69. The van der Waals surface area contributed by atoms with Crippen molar-refractivity contribution in [3.63, 3.8) is 0 Å². The second kappa shape index (κ2) is 10.6. The van der Waals surface area contributed by atoms with Gasteiger partial charge in [-0.15, -0.1) is 0 Å². The zero-order valence-electron chi connectivity index (χ0n) is 16.0. The van der Waals surface area contributed by atoms with Gasteiger partial charge in [-0.25, -0.2) is 0 Å². The van der Waals surface area contributed by atoms with Gasteiger partial charge in [0.2, 0.25) is 0 Å². The molecule has 0 amide bonds. The lowest BCUT2D eigenvalue weighted by Crippen LogP contribution is -2.41. The summed E-state index contributed by atoms with van der Waals surface area (Å²) >= 11 is 0. The number of aliphatic imine (C=N–C) groups is 1. The predicted molar refractivity (Wildman–Crippen MR) is 109 cm³/mol. The largest absolute Gasteiger partial charge is 0.489 e. The van der Waals surface area contributed by atoms with Gasteiger partial charge in [0, 0.05) is 26.7 Å². The molecule has 1 aliphatic rings. The second-order valence-corrected chi connectivity index (χ2v) is 6.68. The van der Waals surface area contributed by atoms with Crippen molar-refractivity contribution in [1.29, 1.82) is 0 Å². The van der Waals surface area contributed by atoms with Gasteiger partial charge >= 0.3 is 0 Å². The zero-order chi connectivity index (χ0) is 18.7. The highest BCUT2D eigenvalue weighted by atomic mass is 16.5. The van der Waals surface area contributed by atoms with Crippen LogP contribution in [0.4, 0.5) is 0 Å². The van der Waals surface area contributed by atoms with E-state index in [2.05, 4.69) is 39.9 Å². The number of ether oxygens (including phenoxy) is 2. The normalized spacial score (nSPS) is 16.9. The summed E-state index contributed by atoms with van der Waals surface area (Å²) in [6, 6.07) is 18.5. The van der Waals surface area contributed by atoms with Crippen LogP contribution >= 0.6 is 0 Å².